The number of nitrogens with zero attached hydrogens (tertiary/aromatic N) is 3. The average molecular weight is 505 g/mol. The number of ether oxygens (including phenoxy) is 1. The lowest BCUT2D eigenvalue weighted by molar-refractivity contribution is -0.116. The minimum atomic E-state index is -0.765. The van der Waals surface area contributed by atoms with Crippen LogP contribution in [-0.2, 0) is 16.1 Å². The molecule has 4 rings (SSSR count). The van der Waals surface area contributed by atoms with Crippen LogP contribution in [0.3, 0.4) is 0 Å². The van der Waals surface area contributed by atoms with Gasteiger partial charge in [0.15, 0.2) is 5.78 Å². The van der Waals surface area contributed by atoms with E-state index in [-0.39, 0.29) is 53.7 Å². The second-order valence-corrected chi connectivity index (χ2v) is 8.66. The van der Waals surface area contributed by atoms with Crippen molar-refractivity contribution in [3.8, 4) is 5.69 Å². The van der Waals surface area contributed by atoms with Crippen molar-refractivity contribution in [3.05, 3.63) is 74.9 Å². The molecule has 0 saturated heterocycles. The summed E-state index contributed by atoms with van der Waals surface area (Å²) in [5.41, 5.74) is 2.60. The number of Topliss-reactive ketones (excluding diaryl/α,β-unsaturated/α-hetero) is 1. The zero-order valence-electron chi connectivity index (χ0n) is 21.4. The number of esters is 1. The maximum absolute atomic E-state index is 13.0. The van der Waals surface area contributed by atoms with Crippen molar-refractivity contribution < 1.29 is 23.5 Å². The number of aromatic nitrogens is 3. The van der Waals surface area contributed by atoms with Crippen molar-refractivity contribution in [3.63, 3.8) is 0 Å². The highest BCUT2D eigenvalue weighted by molar-refractivity contribution is 6.10. The van der Waals surface area contributed by atoms with Gasteiger partial charge in [-0.25, -0.2) is 9.48 Å². The molecule has 0 aliphatic carbocycles. The number of fused-ring (bicyclic) bond motifs is 1. The molecular formula is C27H28N4O6. The van der Waals surface area contributed by atoms with Crippen LogP contribution in [0.15, 0.2) is 45.6 Å². The number of furan rings is 1. The molecule has 10 nitrogen and oxygen atoms in total. The van der Waals surface area contributed by atoms with Crippen LogP contribution in [0.2, 0.25) is 0 Å². The van der Waals surface area contributed by atoms with Gasteiger partial charge in [-0.1, -0.05) is 18.2 Å². The lowest BCUT2D eigenvalue weighted by Gasteiger charge is -2.12. The minimum absolute atomic E-state index is 0.0490. The monoisotopic (exact) mass is 504 g/mol. The molecule has 0 atom stereocenters. The fourth-order valence-electron chi connectivity index (χ4n) is 4.49. The van der Waals surface area contributed by atoms with E-state index in [2.05, 4.69) is 10.4 Å². The molecule has 1 amide bonds. The van der Waals surface area contributed by atoms with E-state index in [9.17, 15) is 19.2 Å². The molecule has 192 valence electrons. The molecule has 0 radical (unpaired) electrons. The Morgan fingerprint density at radius 1 is 1.08 bits per heavy atom. The van der Waals surface area contributed by atoms with Crippen molar-refractivity contribution in [2.45, 2.75) is 47.6 Å². The van der Waals surface area contributed by atoms with Gasteiger partial charge in [0.25, 0.3) is 5.56 Å². The number of carbonyl (C=O) groups excluding carboxylic acids is 3. The summed E-state index contributed by atoms with van der Waals surface area (Å²) in [5, 5.41) is 8.06. The lowest BCUT2D eigenvalue weighted by atomic mass is 10.1. The number of carbonyl (C=O) groups is 3. The van der Waals surface area contributed by atoms with Crippen molar-refractivity contribution in [2.24, 2.45) is 0 Å². The van der Waals surface area contributed by atoms with E-state index in [1.807, 2.05) is 44.2 Å². The molecule has 0 bridgehead atoms. The van der Waals surface area contributed by atoms with Crippen LogP contribution >= 0.6 is 0 Å². The predicted octanol–water partition coefficient (Wildman–Crippen LogP) is 4.11. The standard InChI is InChI=1S/C27H28N4O6/c1-6-36-27(35)24-23(17(4)32)18(5)37-25(24)28-20(33)12-13-30-21(34)14-15(2)22-16(3)29-31(26(22)30)19-10-8-7-9-11-19/h7-11,14H,6,12-13H2,1-5H3,(H,28,33). The Labute approximate surface area is 212 Å². The molecule has 37 heavy (non-hydrogen) atoms. The Kier molecular flexibility index (Phi) is 7.10. The minimum Gasteiger partial charge on any atom is -0.462 e. The molecule has 0 fully saturated rings. The predicted molar refractivity (Wildman–Crippen MR) is 137 cm³/mol. The third-order valence-corrected chi connectivity index (χ3v) is 6.02. The van der Waals surface area contributed by atoms with Crippen LogP contribution in [0.1, 0.15) is 58.0 Å². The smallest absolute Gasteiger partial charge is 0.344 e. The first kappa shape index (κ1) is 25.6. The van der Waals surface area contributed by atoms with Crippen molar-refractivity contribution in [1.82, 2.24) is 14.3 Å². The summed E-state index contributed by atoms with van der Waals surface area (Å²) in [7, 11) is 0. The van der Waals surface area contributed by atoms with Crippen molar-refractivity contribution >= 4 is 34.6 Å². The second-order valence-electron chi connectivity index (χ2n) is 8.66. The quantitative estimate of drug-likeness (QED) is 0.283. The number of amides is 1. The van der Waals surface area contributed by atoms with Gasteiger partial charge in [0, 0.05) is 24.4 Å². The number of hydrogen-bond acceptors (Lipinski definition) is 7. The summed E-state index contributed by atoms with van der Waals surface area (Å²) in [6, 6.07) is 11.0. The van der Waals surface area contributed by atoms with Gasteiger partial charge in [-0.3, -0.25) is 24.3 Å². The number of ketones is 1. The zero-order chi connectivity index (χ0) is 26.9. The average Bonchev–Trinajstić information content (AvgIpc) is 3.36. The summed E-state index contributed by atoms with van der Waals surface area (Å²) in [4.78, 5) is 50.6. The highest BCUT2D eigenvalue weighted by atomic mass is 16.5. The lowest BCUT2D eigenvalue weighted by Crippen LogP contribution is -2.25. The SMILES string of the molecule is CCOC(=O)c1c(NC(=O)CCn2c(=O)cc(C)c3c(C)nn(-c4ccccc4)c32)oc(C)c1C(C)=O. The number of pyridine rings is 1. The largest absolute Gasteiger partial charge is 0.462 e. The van der Waals surface area contributed by atoms with Gasteiger partial charge in [0.05, 0.1) is 23.6 Å². The topological polar surface area (TPSA) is 125 Å². The number of anilines is 1. The van der Waals surface area contributed by atoms with E-state index in [0.717, 1.165) is 22.3 Å². The number of hydrogen-bond donors (Lipinski definition) is 1. The fraction of sp³-hybridized carbons (Fsp3) is 0.296. The van der Waals surface area contributed by atoms with Gasteiger partial charge >= 0.3 is 5.97 Å². The normalized spacial score (nSPS) is 11.1. The Balaban J connectivity index is 1.67. The molecule has 0 saturated carbocycles. The Bertz CT molecular complexity index is 1580. The van der Waals surface area contributed by atoms with E-state index >= 15 is 0 Å². The van der Waals surface area contributed by atoms with Crippen molar-refractivity contribution in [1.29, 1.82) is 0 Å². The summed E-state index contributed by atoms with van der Waals surface area (Å²) >= 11 is 0. The molecular weight excluding hydrogens is 476 g/mol. The van der Waals surface area contributed by atoms with E-state index < -0.39 is 11.9 Å². The molecule has 1 N–H and O–H groups in total. The van der Waals surface area contributed by atoms with Crippen LogP contribution < -0.4 is 10.9 Å². The maximum Gasteiger partial charge on any atom is 0.344 e. The second kappa shape index (κ2) is 10.3. The highest BCUT2D eigenvalue weighted by Gasteiger charge is 2.29. The molecule has 0 unspecified atom stereocenters. The number of aryl methyl sites for hydroxylation is 4. The van der Waals surface area contributed by atoms with Gasteiger partial charge in [-0.2, -0.15) is 5.10 Å². The molecule has 0 aliphatic heterocycles. The number of nitrogens with one attached hydrogen (secondary N) is 1. The Hall–Kier alpha value is -4.47. The first-order valence-corrected chi connectivity index (χ1v) is 11.9. The Morgan fingerprint density at radius 2 is 1.78 bits per heavy atom. The summed E-state index contributed by atoms with van der Waals surface area (Å²) in [5.74, 6) is -1.61. The fourth-order valence-corrected chi connectivity index (χ4v) is 4.49. The molecule has 0 spiro atoms. The highest BCUT2D eigenvalue weighted by Crippen LogP contribution is 2.29. The molecule has 3 aromatic heterocycles. The maximum atomic E-state index is 13.0. The first-order valence-electron chi connectivity index (χ1n) is 11.9. The number of para-hydroxylation sites is 1. The zero-order valence-corrected chi connectivity index (χ0v) is 21.4. The number of rotatable bonds is 8. The van der Waals surface area contributed by atoms with Crippen LogP contribution in [0, 0.1) is 20.8 Å². The van der Waals surface area contributed by atoms with Crippen LogP contribution in [-0.4, -0.2) is 38.6 Å². The molecule has 1 aromatic carbocycles. The van der Waals surface area contributed by atoms with E-state index in [4.69, 9.17) is 9.15 Å². The molecule has 4 aromatic rings. The van der Waals surface area contributed by atoms with Crippen LogP contribution in [0.25, 0.3) is 16.7 Å². The summed E-state index contributed by atoms with van der Waals surface area (Å²) in [6.45, 7) is 8.34. The number of benzene rings is 1. The summed E-state index contributed by atoms with van der Waals surface area (Å²) < 4.78 is 13.8. The summed E-state index contributed by atoms with van der Waals surface area (Å²) in [6.07, 6.45) is -0.103. The van der Waals surface area contributed by atoms with E-state index in [1.54, 1.807) is 11.6 Å². The van der Waals surface area contributed by atoms with E-state index in [0.29, 0.717) is 5.65 Å². The van der Waals surface area contributed by atoms with Crippen LogP contribution in [0.4, 0.5) is 5.88 Å². The van der Waals surface area contributed by atoms with E-state index in [1.165, 1.54) is 24.5 Å². The van der Waals surface area contributed by atoms with Crippen LogP contribution in [0.5, 0.6) is 0 Å². The molecule has 10 heteroatoms. The van der Waals surface area contributed by atoms with Gasteiger partial charge in [-0.15, -0.1) is 0 Å². The van der Waals surface area contributed by atoms with Gasteiger partial charge in [0.1, 0.15) is 17.0 Å². The van der Waals surface area contributed by atoms with Gasteiger partial charge < -0.3 is 9.15 Å². The molecule has 0 aliphatic rings. The molecule has 3 heterocycles. The third kappa shape index (κ3) is 4.82. The van der Waals surface area contributed by atoms with Gasteiger partial charge in [0.2, 0.25) is 11.8 Å². The Morgan fingerprint density at radius 3 is 2.43 bits per heavy atom. The first-order chi connectivity index (χ1) is 17.6. The third-order valence-electron chi connectivity index (χ3n) is 6.02. The van der Waals surface area contributed by atoms with Crippen molar-refractivity contribution in [2.75, 3.05) is 11.9 Å². The van der Waals surface area contributed by atoms with Gasteiger partial charge in [-0.05, 0) is 52.3 Å².